The van der Waals surface area contributed by atoms with Crippen LogP contribution in [0, 0.1) is 0 Å². The molecule has 0 radical (unpaired) electrons. The normalized spacial score (nSPS) is 24.0. The summed E-state index contributed by atoms with van der Waals surface area (Å²) in [6, 6.07) is 8.92. The molecule has 0 aliphatic carbocycles. The Hall–Kier alpha value is -1.88. The fourth-order valence-corrected chi connectivity index (χ4v) is 3.63. The van der Waals surface area contributed by atoms with Crippen LogP contribution in [0.5, 0.6) is 0 Å². The lowest BCUT2D eigenvalue weighted by Gasteiger charge is -2.46. The highest BCUT2D eigenvalue weighted by Crippen LogP contribution is 2.39. The van der Waals surface area contributed by atoms with Crippen molar-refractivity contribution >= 4 is 17.7 Å². The van der Waals surface area contributed by atoms with Crippen molar-refractivity contribution in [2.75, 3.05) is 11.9 Å². The molecular formula is C20H31N2O3+. The number of nitrogens with one attached hydrogen (secondary N) is 1. The number of hydrogen-bond donors (Lipinski definition) is 1. The summed E-state index contributed by atoms with van der Waals surface area (Å²) in [5, 5.41) is 2.97. The molecule has 1 N–H and O–H groups in total. The van der Waals surface area contributed by atoms with E-state index >= 15 is 0 Å². The van der Waals surface area contributed by atoms with Crippen molar-refractivity contribution in [1.82, 2.24) is 0 Å². The van der Waals surface area contributed by atoms with Crippen LogP contribution in [0.4, 0.5) is 10.5 Å². The highest BCUT2D eigenvalue weighted by atomic mass is 16.6. The second-order valence-electron chi connectivity index (χ2n) is 8.76. The molecule has 0 bridgehead atoms. The van der Waals surface area contributed by atoms with Gasteiger partial charge in [0.05, 0.1) is 6.54 Å². The van der Waals surface area contributed by atoms with Crippen LogP contribution in [-0.4, -0.2) is 40.2 Å². The molecule has 2 atom stereocenters. The summed E-state index contributed by atoms with van der Waals surface area (Å²) in [4.78, 5) is 26.2. The number of benzene rings is 1. The molecule has 1 aromatic rings. The van der Waals surface area contributed by atoms with Gasteiger partial charge < -0.3 is 10.1 Å². The first-order chi connectivity index (χ1) is 11.5. The van der Waals surface area contributed by atoms with Crippen LogP contribution in [0.1, 0.15) is 54.4 Å². The Bertz CT molecular complexity index is 629. The molecule has 2 amide bonds. The zero-order valence-corrected chi connectivity index (χ0v) is 16.3. The van der Waals surface area contributed by atoms with Crippen LogP contribution in [0.2, 0.25) is 0 Å². The minimum absolute atomic E-state index is 0.0307. The fourth-order valence-electron chi connectivity index (χ4n) is 3.63. The molecule has 1 aliphatic heterocycles. The molecule has 138 valence electrons. The summed E-state index contributed by atoms with van der Waals surface area (Å²) < 4.78 is 5.77. The van der Waals surface area contributed by atoms with Crippen molar-refractivity contribution < 1.29 is 18.8 Å². The lowest BCUT2D eigenvalue weighted by atomic mass is 9.99. The molecule has 0 aromatic heterocycles. The van der Waals surface area contributed by atoms with E-state index in [1.165, 1.54) is 0 Å². The molecule has 1 saturated heterocycles. The summed E-state index contributed by atoms with van der Waals surface area (Å²) >= 11 is 0. The highest BCUT2D eigenvalue weighted by molar-refractivity contribution is 5.95. The van der Waals surface area contributed by atoms with Gasteiger partial charge in [0, 0.05) is 18.5 Å². The van der Waals surface area contributed by atoms with Gasteiger partial charge in [-0.15, -0.1) is 0 Å². The third kappa shape index (κ3) is 4.03. The number of nitrogens with zero attached hydrogens (tertiary/aromatic N) is 1. The van der Waals surface area contributed by atoms with Crippen LogP contribution in [0.25, 0.3) is 0 Å². The van der Waals surface area contributed by atoms with Gasteiger partial charge in [-0.2, -0.15) is 4.79 Å². The summed E-state index contributed by atoms with van der Waals surface area (Å²) in [6.07, 6.45) is 1.18. The number of ether oxygens (including phenoxy) is 1. The molecule has 5 heteroatoms. The molecule has 1 aliphatic rings. The van der Waals surface area contributed by atoms with E-state index in [1.54, 1.807) is 0 Å². The summed E-state index contributed by atoms with van der Waals surface area (Å²) in [5.74, 6) is -0.121. The Morgan fingerprint density at radius 3 is 2.20 bits per heavy atom. The Morgan fingerprint density at radius 2 is 1.68 bits per heavy atom. The molecule has 25 heavy (non-hydrogen) atoms. The third-order valence-electron chi connectivity index (χ3n) is 4.78. The van der Waals surface area contributed by atoms with Gasteiger partial charge in [0.25, 0.3) is 5.91 Å². The minimum Gasteiger partial charge on any atom is -0.414 e. The number of hydrogen-bond acceptors (Lipinski definition) is 3. The Balaban J connectivity index is 2.34. The van der Waals surface area contributed by atoms with Crippen molar-refractivity contribution in [2.45, 2.75) is 71.6 Å². The van der Waals surface area contributed by atoms with Crippen molar-refractivity contribution in [1.29, 1.82) is 0 Å². The summed E-state index contributed by atoms with van der Waals surface area (Å²) in [6.45, 7) is 12.2. The Labute approximate surface area is 150 Å². The van der Waals surface area contributed by atoms with E-state index in [2.05, 4.69) is 5.32 Å². The van der Waals surface area contributed by atoms with Gasteiger partial charge in [-0.3, -0.25) is 4.79 Å². The van der Waals surface area contributed by atoms with Gasteiger partial charge in [0.2, 0.25) is 0 Å². The molecule has 1 aromatic carbocycles. The predicted molar refractivity (Wildman–Crippen MR) is 99.2 cm³/mol. The molecule has 2 unspecified atom stereocenters. The van der Waals surface area contributed by atoms with E-state index in [1.807, 2.05) is 71.9 Å². The topological polar surface area (TPSA) is 55.4 Å². The lowest BCUT2D eigenvalue weighted by molar-refractivity contribution is -0.907. The Kier molecular flexibility index (Phi) is 5.28. The van der Waals surface area contributed by atoms with E-state index in [0.717, 1.165) is 12.1 Å². The van der Waals surface area contributed by atoms with Crippen molar-refractivity contribution in [3.05, 3.63) is 30.3 Å². The first-order valence-electron chi connectivity index (χ1n) is 8.95. The second kappa shape index (κ2) is 6.79. The maximum Gasteiger partial charge on any atom is 0.517 e. The Morgan fingerprint density at radius 1 is 1.08 bits per heavy atom. The first kappa shape index (κ1) is 19.4. The summed E-state index contributed by atoms with van der Waals surface area (Å²) in [5.41, 5.74) is -0.274. The minimum atomic E-state index is -0.587. The number of carbonyl (C=O) groups excluding carboxylic acids is 2. The number of quaternary nitrogens is 1. The maximum absolute atomic E-state index is 13.2. The lowest BCUT2D eigenvalue weighted by Crippen LogP contribution is -2.69. The number of amides is 2. The average Bonchev–Trinajstić information content (AvgIpc) is 2.92. The average molecular weight is 347 g/mol. The molecular weight excluding hydrogens is 316 g/mol. The number of carbonyl (C=O) groups is 2. The molecule has 0 saturated carbocycles. The van der Waals surface area contributed by atoms with E-state index in [9.17, 15) is 9.59 Å². The number of likely N-dealkylation sites (tertiary alicyclic amines) is 1. The van der Waals surface area contributed by atoms with Gasteiger partial charge in [-0.25, -0.2) is 4.48 Å². The monoisotopic (exact) mass is 347 g/mol. The van der Waals surface area contributed by atoms with E-state index in [-0.39, 0.29) is 16.5 Å². The second-order valence-corrected chi connectivity index (χ2v) is 8.76. The predicted octanol–water partition coefficient (Wildman–Crippen LogP) is 4.34. The quantitative estimate of drug-likeness (QED) is 0.810. The molecule has 5 nitrogen and oxygen atoms in total. The van der Waals surface area contributed by atoms with Crippen LogP contribution in [-0.2, 0) is 9.53 Å². The molecule has 2 rings (SSSR count). The largest absolute Gasteiger partial charge is 0.517 e. The van der Waals surface area contributed by atoms with Crippen LogP contribution in [0.3, 0.4) is 0 Å². The van der Waals surface area contributed by atoms with E-state index < -0.39 is 17.2 Å². The van der Waals surface area contributed by atoms with E-state index in [4.69, 9.17) is 4.74 Å². The van der Waals surface area contributed by atoms with Crippen molar-refractivity contribution in [2.24, 2.45) is 0 Å². The molecule has 1 heterocycles. The van der Waals surface area contributed by atoms with Crippen LogP contribution >= 0.6 is 0 Å². The molecule has 1 fully saturated rings. The highest BCUT2D eigenvalue weighted by Gasteiger charge is 2.60. The first-order valence-corrected chi connectivity index (χ1v) is 8.95. The van der Waals surface area contributed by atoms with Crippen molar-refractivity contribution in [3.8, 4) is 0 Å². The maximum atomic E-state index is 13.2. The number of rotatable bonds is 2. The smallest absolute Gasteiger partial charge is 0.414 e. The SMILES string of the molecule is CC(C)(C)OC(=O)[N+]1(C(C)(C)C)CCCC1C(=O)Nc1ccccc1. The van der Waals surface area contributed by atoms with E-state index in [0.29, 0.717) is 13.0 Å². The van der Waals surface area contributed by atoms with Crippen LogP contribution < -0.4 is 5.32 Å². The van der Waals surface area contributed by atoms with Crippen LogP contribution in [0.15, 0.2) is 30.3 Å². The summed E-state index contributed by atoms with van der Waals surface area (Å²) in [7, 11) is 0. The van der Waals surface area contributed by atoms with Crippen molar-refractivity contribution in [3.63, 3.8) is 0 Å². The van der Waals surface area contributed by atoms with Gasteiger partial charge in [-0.1, -0.05) is 18.2 Å². The number of anilines is 1. The fraction of sp³-hybridized carbons (Fsp3) is 0.600. The van der Waals surface area contributed by atoms with Gasteiger partial charge >= 0.3 is 6.09 Å². The zero-order valence-electron chi connectivity index (χ0n) is 16.3. The third-order valence-corrected chi connectivity index (χ3v) is 4.78. The zero-order chi connectivity index (χ0) is 18.9. The molecule has 0 spiro atoms. The van der Waals surface area contributed by atoms with Gasteiger partial charge in [0.15, 0.2) is 6.04 Å². The van der Waals surface area contributed by atoms with Gasteiger partial charge in [-0.05, 0) is 53.7 Å². The van der Waals surface area contributed by atoms with Gasteiger partial charge in [0.1, 0.15) is 11.1 Å². The standard InChI is InChI=1S/C20H30N2O3/c1-19(2,3)22(18(24)25-20(4,5)6)14-10-13-16(22)17(23)21-15-11-8-7-9-12-15/h7-9,11-12,16H,10,13-14H2,1-6H3/p+1. The number of para-hydroxylation sites is 1.